The van der Waals surface area contributed by atoms with Crippen molar-refractivity contribution in [3.63, 3.8) is 0 Å². The fourth-order valence-electron chi connectivity index (χ4n) is 4.23. The number of benzene rings is 2. The minimum absolute atomic E-state index is 0.220. The van der Waals surface area contributed by atoms with Gasteiger partial charge in [-0.1, -0.05) is 30.7 Å². The van der Waals surface area contributed by atoms with Crippen molar-refractivity contribution in [1.29, 1.82) is 0 Å². The summed E-state index contributed by atoms with van der Waals surface area (Å²) in [6.45, 7) is 1.26. The van der Waals surface area contributed by atoms with Crippen molar-refractivity contribution >= 4 is 18.1 Å². The Kier molecular flexibility index (Phi) is 8.07. The van der Waals surface area contributed by atoms with E-state index in [4.69, 9.17) is 14.6 Å². The highest BCUT2D eigenvalue weighted by Crippen LogP contribution is 2.38. The second-order valence-corrected chi connectivity index (χ2v) is 8.25. The van der Waals surface area contributed by atoms with Crippen LogP contribution in [0.2, 0.25) is 0 Å². The van der Waals surface area contributed by atoms with Crippen LogP contribution in [-0.2, 0) is 20.5 Å². The molecule has 4 rings (SSSR count). The average molecular weight is 467 g/mol. The normalized spacial score (nSPS) is 20.7. The average Bonchev–Trinajstić information content (AvgIpc) is 2.74. The van der Waals surface area contributed by atoms with E-state index in [1.54, 1.807) is 0 Å². The number of carbonyl (C=O) groups excluding carboxylic acids is 1. The van der Waals surface area contributed by atoms with E-state index in [1.807, 2.05) is 0 Å². The van der Waals surface area contributed by atoms with Gasteiger partial charge in [-0.15, -0.1) is 0 Å². The summed E-state index contributed by atoms with van der Waals surface area (Å²) in [5.74, 6) is -1.03. The van der Waals surface area contributed by atoms with Crippen LogP contribution in [0.1, 0.15) is 54.2 Å². The molecule has 1 aliphatic carbocycles. The van der Waals surface area contributed by atoms with Crippen LogP contribution in [0.3, 0.4) is 0 Å². The lowest BCUT2D eigenvalue weighted by atomic mass is 9.77. The lowest BCUT2D eigenvalue weighted by Crippen LogP contribution is -2.28. The molecule has 1 saturated heterocycles. The molecule has 2 N–H and O–H groups in total. The van der Waals surface area contributed by atoms with Crippen molar-refractivity contribution in [3.05, 3.63) is 65.0 Å². The molecule has 178 valence electrons. The molecule has 1 amide bonds. The molecule has 2 unspecified atom stereocenters. The Morgan fingerprint density at radius 1 is 1.03 bits per heavy atom. The van der Waals surface area contributed by atoms with Crippen molar-refractivity contribution < 1.29 is 37.0 Å². The smallest absolute Gasteiger partial charge is 0.416 e. The molecule has 1 aliphatic heterocycles. The molecule has 2 aliphatic rings. The summed E-state index contributed by atoms with van der Waals surface area (Å²) in [6, 6.07) is 10.6. The van der Waals surface area contributed by atoms with Crippen molar-refractivity contribution in [2.45, 2.75) is 43.7 Å². The summed E-state index contributed by atoms with van der Waals surface area (Å²) < 4.78 is 57.4. The van der Waals surface area contributed by atoms with Crippen molar-refractivity contribution in [2.24, 2.45) is 5.92 Å². The van der Waals surface area contributed by atoms with E-state index in [2.05, 4.69) is 29.6 Å². The number of nitrogens with one attached hydrogen (secondary N) is 1. The number of anilines is 1. The van der Waals surface area contributed by atoms with Gasteiger partial charge in [0.25, 0.3) is 6.47 Å². The van der Waals surface area contributed by atoms with Gasteiger partial charge in [0.15, 0.2) is 0 Å². The summed E-state index contributed by atoms with van der Waals surface area (Å²) >= 11 is 0. The van der Waals surface area contributed by atoms with Gasteiger partial charge in [0.05, 0.1) is 24.5 Å². The summed E-state index contributed by atoms with van der Waals surface area (Å²) in [5.41, 5.74) is 1.14. The third-order valence-corrected chi connectivity index (χ3v) is 6.12. The number of carbonyl (C=O) groups is 2. The molecule has 5 nitrogen and oxygen atoms in total. The summed E-state index contributed by atoms with van der Waals surface area (Å²) in [4.78, 5) is 21.0. The number of hydrogen-bond acceptors (Lipinski definition) is 3. The predicted molar refractivity (Wildman–Crippen MR) is 113 cm³/mol. The van der Waals surface area contributed by atoms with Gasteiger partial charge in [0.2, 0.25) is 5.91 Å². The number of alkyl halides is 3. The molecule has 0 spiro atoms. The largest absolute Gasteiger partial charge is 0.483 e. The Balaban J connectivity index is 0.000000968. The zero-order valence-electron chi connectivity index (χ0n) is 17.8. The molecule has 33 heavy (non-hydrogen) atoms. The van der Waals surface area contributed by atoms with Gasteiger partial charge in [-0.25, -0.2) is 4.39 Å². The van der Waals surface area contributed by atoms with Gasteiger partial charge in [-0.2, -0.15) is 13.2 Å². The van der Waals surface area contributed by atoms with Crippen molar-refractivity contribution in [1.82, 2.24) is 0 Å². The van der Waals surface area contributed by atoms with Gasteiger partial charge in [0, 0.05) is 11.8 Å². The molecule has 9 heteroatoms. The van der Waals surface area contributed by atoms with E-state index in [0.29, 0.717) is 24.8 Å². The van der Waals surface area contributed by atoms with Crippen molar-refractivity contribution in [2.75, 3.05) is 18.5 Å². The van der Waals surface area contributed by atoms with Gasteiger partial charge in [-0.3, -0.25) is 9.59 Å². The molecule has 0 bridgehead atoms. The Morgan fingerprint density at radius 3 is 2.15 bits per heavy atom. The number of carboxylic acid groups (broad SMARTS) is 1. The highest BCUT2D eigenvalue weighted by atomic mass is 19.4. The molecule has 2 atom stereocenters. The van der Waals surface area contributed by atoms with Gasteiger partial charge in [-0.05, 0) is 54.5 Å². The van der Waals surface area contributed by atoms with E-state index < -0.39 is 17.6 Å². The minimum atomic E-state index is -4.62. The second-order valence-electron chi connectivity index (χ2n) is 8.25. The van der Waals surface area contributed by atoms with Crippen LogP contribution in [0.25, 0.3) is 0 Å². The first-order valence-electron chi connectivity index (χ1n) is 10.7. The molecule has 0 radical (unpaired) electrons. The molecule has 2 fully saturated rings. The third-order valence-electron chi connectivity index (χ3n) is 6.12. The Morgan fingerprint density at radius 2 is 1.64 bits per heavy atom. The van der Waals surface area contributed by atoms with Crippen LogP contribution in [-0.4, -0.2) is 30.7 Å². The highest BCUT2D eigenvalue weighted by Gasteiger charge is 2.32. The standard InChI is InChI=1S/C23H23F4NO2.CH2O2/c24-20-11-19(23(25,26)27)8-9-21(20)28-22(29)17-3-1-2-16(10-17)14-4-6-15(7-5-14)18-12-30-13-18;2-1-3/h4-9,11,16-18H,1-3,10,12-13H2,(H,28,29);1H,(H,2,3). The lowest BCUT2D eigenvalue weighted by molar-refractivity contribution is -0.137. The molecule has 2 aromatic carbocycles. The quantitative estimate of drug-likeness (QED) is 0.455. The second kappa shape index (κ2) is 10.8. The van der Waals surface area contributed by atoms with Crippen LogP contribution < -0.4 is 5.32 Å². The van der Waals surface area contributed by atoms with Crippen LogP contribution >= 0.6 is 0 Å². The summed E-state index contributed by atoms with van der Waals surface area (Å²) in [6.07, 6.45) is -1.45. The van der Waals surface area contributed by atoms with Gasteiger partial charge >= 0.3 is 6.18 Å². The number of amides is 1. The first-order valence-corrected chi connectivity index (χ1v) is 10.7. The fourth-order valence-corrected chi connectivity index (χ4v) is 4.23. The van der Waals surface area contributed by atoms with E-state index in [0.717, 1.165) is 38.2 Å². The van der Waals surface area contributed by atoms with Crippen LogP contribution in [0.15, 0.2) is 42.5 Å². The molecular formula is C24H25F4NO4. The zero-order chi connectivity index (χ0) is 24.0. The maximum absolute atomic E-state index is 14.1. The first-order chi connectivity index (χ1) is 15.7. The Labute approximate surface area is 188 Å². The number of halogens is 4. The number of ether oxygens (including phenoxy) is 1. The van der Waals surface area contributed by atoms with Gasteiger partial charge in [0.1, 0.15) is 5.82 Å². The van der Waals surface area contributed by atoms with Gasteiger partial charge < -0.3 is 15.2 Å². The van der Waals surface area contributed by atoms with Crippen LogP contribution in [0, 0.1) is 11.7 Å². The minimum Gasteiger partial charge on any atom is -0.483 e. The summed E-state index contributed by atoms with van der Waals surface area (Å²) in [7, 11) is 0. The molecular weight excluding hydrogens is 442 g/mol. The lowest BCUT2D eigenvalue weighted by Gasteiger charge is -2.30. The molecule has 1 saturated carbocycles. The maximum Gasteiger partial charge on any atom is 0.416 e. The topological polar surface area (TPSA) is 75.6 Å². The van der Waals surface area contributed by atoms with E-state index >= 15 is 0 Å². The van der Waals surface area contributed by atoms with E-state index in [-0.39, 0.29) is 29.9 Å². The molecule has 1 heterocycles. The van der Waals surface area contributed by atoms with E-state index in [9.17, 15) is 22.4 Å². The van der Waals surface area contributed by atoms with Crippen LogP contribution in [0.4, 0.5) is 23.2 Å². The molecule has 0 aromatic heterocycles. The van der Waals surface area contributed by atoms with E-state index in [1.165, 1.54) is 11.1 Å². The van der Waals surface area contributed by atoms with Crippen molar-refractivity contribution in [3.8, 4) is 0 Å². The predicted octanol–water partition coefficient (Wildman–Crippen LogP) is 5.57. The number of hydrogen-bond donors (Lipinski definition) is 2. The fraction of sp³-hybridized carbons (Fsp3) is 0.417. The number of rotatable bonds is 4. The monoisotopic (exact) mass is 467 g/mol. The van der Waals surface area contributed by atoms with Crippen LogP contribution in [0.5, 0.6) is 0 Å². The SMILES string of the molecule is O=C(Nc1ccc(C(F)(F)F)cc1F)C1CCCC(c2ccc(C3COC3)cc2)C1.O=CO. The Bertz CT molecular complexity index is 958. The Hall–Kier alpha value is -2.94. The maximum atomic E-state index is 14.1. The highest BCUT2D eigenvalue weighted by molar-refractivity contribution is 5.92. The first kappa shape index (κ1) is 24.7. The molecule has 2 aromatic rings. The summed E-state index contributed by atoms with van der Waals surface area (Å²) in [5, 5.41) is 9.36. The zero-order valence-corrected chi connectivity index (χ0v) is 17.8. The third kappa shape index (κ3) is 6.31.